The van der Waals surface area contributed by atoms with E-state index in [9.17, 15) is 0 Å². The zero-order chi connectivity index (χ0) is 14.3. The van der Waals surface area contributed by atoms with Crippen molar-refractivity contribution >= 4 is 49.8 Å². The summed E-state index contributed by atoms with van der Waals surface area (Å²) in [6, 6.07) is 12.9. The first-order valence-electron chi connectivity index (χ1n) is 6.39. The van der Waals surface area contributed by atoms with Crippen LogP contribution in [-0.4, -0.2) is 19.1 Å². The maximum absolute atomic E-state index is 4.74. The summed E-state index contributed by atoms with van der Waals surface area (Å²) < 4.78 is 2.51. The zero-order valence-corrected chi connectivity index (χ0v) is 14.6. The van der Waals surface area contributed by atoms with Crippen LogP contribution in [-0.2, 0) is 0 Å². The van der Waals surface area contributed by atoms with E-state index >= 15 is 0 Å². The molecule has 1 aromatic heterocycles. The van der Waals surface area contributed by atoms with Crippen LogP contribution in [0.15, 0.2) is 36.4 Å². The van der Waals surface area contributed by atoms with Gasteiger partial charge < -0.3 is 4.90 Å². The average molecular weight is 394 g/mol. The lowest BCUT2D eigenvalue weighted by atomic mass is 10.2. The maximum Gasteiger partial charge on any atom is 0.124 e. The molecule has 0 aliphatic rings. The highest BCUT2D eigenvalue weighted by atomic mass is 127. The van der Waals surface area contributed by atoms with E-state index in [0.717, 1.165) is 10.5 Å². The van der Waals surface area contributed by atoms with Crippen LogP contribution < -0.4 is 4.90 Å². The summed E-state index contributed by atoms with van der Waals surface area (Å²) in [7, 11) is 4.13. The minimum absolute atomic E-state index is 1.09. The standard InChI is InChI=1S/C16H15IN2S/c1-10-4-6-13-15(8-10)20-16(18-13)11-5-7-14(19(2)3)12(17)9-11/h4-9H,1-3H3. The molecule has 0 saturated heterocycles. The predicted octanol–water partition coefficient (Wildman–Crippen LogP) is 4.94. The minimum Gasteiger partial charge on any atom is -0.377 e. The lowest BCUT2D eigenvalue weighted by Gasteiger charge is -2.14. The molecule has 2 aromatic carbocycles. The smallest absolute Gasteiger partial charge is 0.124 e. The molecule has 0 saturated carbocycles. The molecule has 0 aliphatic heterocycles. The van der Waals surface area contributed by atoms with Gasteiger partial charge in [0.1, 0.15) is 5.01 Å². The van der Waals surface area contributed by atoms with Gasteiger partial charge in [-0.3, -0.25) is 0 Å². The van der Waals surface area contributed by atoms with Crippen molar-refractivity contribution in [3.05, 3.63) is 45.5 Å². The van der Waals surface area contributed by atoms with Gasteiger partial charge in [0.25, 0.3) is 0 Å². The number of nitrogens with zero attached hydrogens (tertiary/aromatic N) is 2. The molecular formula is C16H15IN2S. The summed E-state index contributed by atoms with van der Waals surface area (Å²) >= 11 is 4.15. The maximum atomic E-state index is 4.74. The second-order valence-electron chi connectivity index (χ2n) is 5.05. The van der Waals surface area contributed by atoms with E-state index in [1.807, 2.05) is 0 Å². The first-order chi connectivity index (χ1) is 9.54. The number of hydrogen-bond acceptors (Lipinski definition) is 3. The van der Waals surface area contributed by atoms with E-state index in [-0.39, 0.29) is 0 Å². The number of aryl methyl sites for hydroxylation is 1. The fourth-order valence-corrected chi connectivity index (χ4v) is 4.22. The highest BCUT2D eigenvalue weighted by Crippen LogP contribution is 2.33. The first kappa shape index (κ1) is 13.8. The van der Waals surface area contributed by atoms with Crippen LogP contribution in [0.25, 0.3) is 20.8 Å². The molecule has 0 unspecified atom stereocenters. The number of anilines is 1. The van der Waals surface area contributed by atoms with Crippen LogP contribution in [0.1, 0.15) is 5.56 Å². The largest absolute Gasteiger partial charge is 0.377 e. The van der Waals surface area contributed by atoms with Gasteiger partial charge in [-0.15, -0.1) is 11.3 Å². The molecule has 0 radical (unpaired) electrons. The zero-order valence-electron chi connectivity index (χ0n) is 11.6. The van der Waals surface area contributed by atoms with E-state index < -0.39 is 0 Å². The molecule has 4 heteroatoms. The molecule has 0 aliphatic carbocycles. The molecule has 3 aromatic rings. The number of aromatic nitrogens is 1. The monoisotopic (exact) mass is 394 g/mol. The summed E-state index contributed by atoms with van der Waals surface area (Å²) in [6.45, 7) is 2.12. The molecule has 20 heavy (non-hydrogen) atoms. The van der Waals surface area contributed by atoms with Gasteiger partial charge in [-0.2, -0.15) is 0 Å². The van der Waals surface area contributed by atoms with Crippen LogP contribution in [0.5, 0.6) is 0 Å². The van der Waals surface area contributed by atoms with Gasteiger partial charge in [0.05, 0.1) is 10.2 Å². The molecule has 0 N–H and O–H groups in total. The molecular weight excluding hydrogens is 379 g/mol. The Morgan fingerprint density at radius 2 is 1.90 bits per heavy atom. The molecule has 2 nitrogen and oxygen atoms in total. The summed E-state index contributed by atoms with van der Waals surface area (Å²) in [5, 5.41) is 1.09. The summed E-state index contributed by atoms with van der Waals surface area (Å²) in [4.78, 5) is 6.87. The van der Waals surface area contributed by atoms with Crippen molar-refractivity contribution in [1.29, 1.82) is 0 Å². The van der Waals surface area contributed by atoms with Gasteiger partial charge in [0.15, 0.2) is 0 Å². The van der Waals surface area contributed by atoms with Crippen molar-refractivity contribution < 1.29 is 0 Å². The van der Waals surface area contributed by atoms with Crippen LogP contribution in [0.2, 0.25) is 0 Å². The van der Waals surface area contributed by atoms with E-state index in [1.54, 1.807) is 11.3 Å². The molecule has 0 atom stereocenters. The molecule has 0 bridgehead atoms. The van der Waals surface area contributed by atoms with Crippen molar-refractivity contribution in [2.75, 3.05) is 19.0 Å². The number of benzene rings is 2. The Morgan fingerprint density at radius 3 is 2.60 bits per heavy atom. The lowest BCUT2D eigenvalue weighted by Crippen LogP contribution is -2.10. The van der Waals surface area contributed by atoms with Gasteiger partial charge in [-0.25, -0.2) is 4.98 Å². The SMILES string of the molecule is Cc1ccc2nc(-c3ccc(N(C)C)c(I)c3)sc2c1. The Hall–Kier alpha value is -1.14. The van der Waals surface area contributed by atoms with Crippen LogP contribution in [0.4, 0.5) is 5.69 Å². The van der Waals surface area contributed by atoms with E-state index in [4.69, 9.17) is 4.98 Å². The molecule has 0 fully saturated rings. The molecule has 102 valence electrons. The molecule has 0 amide bonds. The molecule has 3 rings (SSSR count). The highest BCUT2D eigenvalue weighted by Gasteiger charge is 2.09. The fraction of sp³-hybridized carbons (Fsp3) is 0.188. The molecule has 1 heterocycles. The van der Waals surface area contributed by atoms with Crippen molar-refractivity contribution in [3.8, 4) is 10.6 Å². The van der Waals surface area contributed by atoms with Gasteiger partial charge in [-0.05, 0) is 65.4 Å². The number of hydrogen-bond donors (Lipinski definition) is 0. The van der Waals surface area contributed by atoms with Crippen LogP contribution in [0.3, 0.4) is 0 Å². The lowest BCUT2D eigenvalue weighted by molar-refractivity contribution is 1.12. The van der Waals surface area contributed by atoms with Crippen molar-refractivity contribution in [2.45, 2.75) is 6.92 Å². The third kappa shape index (κ3) is 2.54. The van der Waals surface area contributed by atoms with Crippen LogP contribution >= 0.6 is 33.9 Å². The summed E-state index contributed by atoms with van der Waals surface area (Å²) in [5.74, 6) is 0. The normalized spacial score (nSPS) is 11.0. The van der Waals surface area contributed by atoms with E-state index in [1.165, 1.54) is 25.1 Å². The fourth-order valence-electron chi connectivity index (χ4n) is 2.16. The Morgan fingerprint density at radius 1 is 1.10 bits per heavy atom. The van der Waals surface area contributed by atoms with Gasteiger partial charge >= 0.3 is 0 Å². The van der Waals surface area contributed by atoms with Gasteiger partial charge in [0.2, 0.25) is 0 Å². The first-order valence-corrected chi connectivity index (χ1v) is 8.28. The highest BCUT2D eigenvalue weighted by molar-refractivity contribution is 14.1. The van der Waals surface area contributed by atoms with Crippen molar-refractivity contribution in [1.82, 2.24) is 4.98 Å². The Bertz CT molecular complexity index is 777. The summed E-state index contributed by atoms with van der Waals surface area (Å²) in [5.41, 5.74) is 4.80. The summed E-state index contributed by atoms with van der Waals surface area (Å²) in [6.07, 6.45) is 0. The average Bonchev–Trinajstić information content (AvgIpc) is 2.81. The molecule has 0 spiro atoms. The third-order valence-electron chi connectivity index (χ3n) is 3.22. The Kier molecular flexibility index (Phi) is 3.69. The van der Waals surface area contributed by atoms with Gasteiger partial charge in [-0.1, -0.05) is 6.07 Å². The Balaban J connectivity index is 2.08. The quantitative estimate of drug-likeness (QED) is 0.573. The number of rotatable bonds is 2. The third-order valence-corrected chi connectivity index (χ3v) is 5.15. The number of halogens is 1. The minimum atomic E-state index is 1.09. The van der Waals surface area contributed by atoms with E-state index in [2.05, 4.69) is 84.9 Å². The van der Waals surface area contributed by atoms with E-state index in [0.29, 0.717) is 0 Å². The Labute approximate surface area is 136 Å². The second kappa shape index (κ2) is 5.33. The predicted molar refractivity (Wildman–Crippen MR) is 96.8 cm³/mol. The second-order valence-corrected chi connectivity index (χ2v) is 7.24. The number of thiazole rings is 1. The van der Waals surface area contributed by atoms with Gasteiger partial charge in [0, 0.05) is 28.9 Å². The van der Waals surface area contributed by atoms with Crippen molar-refractivity contribution in [3.63, 3.8) is 0 Å². The van der Waals surface area contributed by atoms with Crippen molar-refractivity contribution in [2.24, 2.45) is 0 Å². The topological polar surface area (TPSA) is 16.1 Å². The number of fused-ring (bicyclic) bond motifs is 1. The van der Waals surface area contributed by atoms with Crippen LogP contribution in [0, 0.1) is 10.5 Å².